The summed E-state index contributed by atoms with van der Waals surface area (Å²) in [5.41, 5.74) is 3.63. The maximum Gasteiger partial charge on any atom is 0.295 e. The molecule has 6 nitrogen and oxygen atoms in total. The Bertz CT molecular complexity index is 800. The molecule has 1 aliphatic heterocycles. The summed E-state index contributed by atoms with van der Waals surface area (Å²) in [4.78, 5) is 27.8. The number of rotatable bonds is 1. The van der Waals surface area contributed by atoms with E-state index in [1.807, 2.05) is 35.9 Å². The fraction of sp³-hybridized carbons (Fsp3) is 0.231. The third kappa shape index (κ3) is 2.27. The predicted octanol–water partition coefficient (Wildman–Crippen LogP) is 0.933. The van der Waals surface area contributed by atoms with Crippen LogP contribution in [0.3, 0.4) is 0 Å². The largest absolute Gasteiger partial charge is 0.319 e. The Balaban J connectivity index is 2.00. The number of carbonyl (C=O) groups is 2. The van der Waals surface area contributed by atoms with Gasteiger partial charge >= 0.3 is 0 Å². The zero-order valence-electron chi connectivity index (χ0n) is 10.8. The minimum atomic E-state index is -0.396. The van der Waals surface area contributed by atoms with Crippen LogP contribution in [0.15, 0.2) is 34.4 Å². The van der Waals surface area contributed by atoms with Crippen molar-refractivity contribution < 1.29 is 9.59 Å². The van der Waals surface area contributed by atoms with Crippen molar-refractivity contribution in [1.82, 2.24) is 9.99 Å². The van der Waals surface area contributed by atoms with Gasteiger partial charge in [0.15, 0.2) is 4.80 Å². The summed E-state index contributed by atoms with van der Waals surface area (Å²) in [5, 5.41) is 3.76. The Morgan fingerprint density at radius 1 is 1.40 bits per heavy atom. The number of hydrazone groups is 1. The lowest BCUT2D eigenvalue weighted by molar-refractivity contribution is -0.121. The van der Waals surface area contributed by atoms with Crippen LogP contribution in [-0.2, 0) is 16.6 Å². The average Bonchev–Trinajstić information content (AvgIpc) is 2.77. The van der Waals surface area contributed by atoms with Crippen molar-refractivity contribution in [3.8, 4) is 0 Å². The highest BCUT2D eigenvalue weighted by Gasteiger charge is 2.18. The number of benzene rings is 1. The molecule has 0 unspecified atom stereocenters. The van der Waals surface area contributed by atoms with E-state index in [0.717, 1.165) is 10.2 Å². The second-order valence-corrected chi connectivity index (χ2v) is 5.43. The molecule has 1 N–H and O–H groups in total. The van der Waals surface area contributed by atoms with Crippen LogP contribution in [0.4, 0.5) is 0 Å². The summed E-state index contributed by atoms with van der Waals surface area (Å²) in [7, 11) is 1.87. The van der Waals surface area contributed by atoms with Gasteiger partial charge in [0.2, 0.25) is 5.91 Å². The molecular weight excluding hydrogens is 276 g/mol. The first-order valence-corrected chi connectivity index (χ1v) is 6.96. The topological polar surface area (TPSA) is 75.8 Å². The molecule has 1 aliphatic rings. The van der Waals surface area contributed by atoms with Gasteiger partial charge in [0.1, 0.15) is 5.71 Å². The van der Waals surface area contributed by atoms with Crippen LogP contribution < -0.4 is 10.2 Å². The van der Waals surface area contributed by atoms with E-state index in [1.165, 1.54) is 11.3 Å². The van der Waals surface area contributed by atoms with E-state index in [0.29, 0.717) is 16.9 Å². The first-order chi connectivity index (χ1) is 9.65. The van der Waals surface area contributed by atoms with E-state index < -0.39 is 5.91 Å². The van der Waals surface area contributed by atoms with Crippen molar-refractivity contribution in [3.63, 3.8) is 0 Å². The maximum absolute atomic E-state index is 12.0. The minimum Gasteiger partial charge on any atom is -0.319 e. The highest BCUT2D eigenvalue weighted by molar-refractivity contribution is 7.16. The molecule has 0 bridgehead atoms. The van der Waals surface area contributed by atoms with Gasteiger partial charge in [-0.3, -0.25) is 9.59 Å². The summed E-state index contributed by atoms with van der Waals surface area (Å²) >= 11 is 1.45. The number of aryl methyl sites for hydroxylation is 1. The van der Waals surface area contributed by atoms with Gasteiger partial charge in [0.25, 0.3) is 5.91 Å². The molecule has 1 aromatic carbocycles. The molecule has 20 heavy (non-hydrogen) atoms. The monoisotopic (exact) mass is 288 g/mol. The van der Waals surface area contributed by atoms with Crippen molar-refractivity contribution >= 4 is 39.1 Å². The number of thiazole rings is 1. The molecule has 0 atom stereocenters. The van der Waals surface area contributed by atoms with Crippen molar-refractivity contribution in [2.45, 2.75) is 12.8 Å². The number of hydrogen-bond donors (Lipinski definition) is 1. The lowest BCUT2D eigenvalue weighted by Crippen LogP contribution is -2.30. The predicted molar refractivity (Wildman–Crippen MR) is 76.2 cm³/mol. The number of amides is 2. The number of nitrogens with zero attached hydrogens (tertiary/aromatic N) is 3. The van der Waals surface area contributed by atoms with Crippen molar-refractivity contribution in [3.05, 3.63) is 29.1 Å². The van der Waals surface area contributed by atoms with E-state index in [2.05, 4.69) is 15.5 Å². The summed E-state index contributed by atoms with van der Waals surface area (Å²) in [6.45, 7) is 0. The second-order valence-electron chi connectivity index (χ2n) is 4.42. The highest BCUT2D eigenvalue weighted by Crippen LogP contribution is 2.15. The Morgan fingerprint density at radius 3 is 2.90 bits per heavy atom. The van der Waals surface area contributed by atoms with Crippen LogP contribution >= 0.6 is 11.3 Å². The zero-order valence-corrected chi connectivity index (χ0v) is 11.6. The third-order valence-electron chi connectivity index (χ3n) is 3.06. The lowest BCUT2D eigenvalue weighted by atomic mass is 10.2. The van der Waals surface area contributed by atoms with Gasteiger partial charge in [0.05, 0.1) is 10.2 Å². The molecule has 2 heterocycles. The second kappa shape index (κ2) is 5.01. The van der Waals surface area contributed by atoms with Gasteiger partial charge in [-0.2, -0.15) is 10.1 Å². The van der Waals surface area contributed by atoms with Crippen LogP contribution in [-0.4, -0.2) is 22.1 Å². The van der Waals surface area contributed by atoms with Gasteiger partial charge in [-0.15, -0.1) is 0 Å². The number of aromatic nitrogens is 1. The molecule has 1 aromatic heterocycles. The molecular formula is C13H12N4O2S. The molecule has 2 aromatic rings. The zero-order chi connectivity index (χ0) is 14.1. The van der Waals surface area contributed by atoms with Crippen LogP contribution in [0.5, 0.6) is 0 Å². The molecule has 3 rings (SSSR count). The molecule has 0 fully saturated rings. The number of para-hydroxylation sites is 1. The van der Waals surface area contributed by atoms with Gasteiger partial charge in [-0.25, -0.2) is 5.43 Å². The Kier molecular flexibility index (Phi) is 3.19. The van der Waals surface area contributed by atoms with Crippen molar-refractivity contribution in [2.24, 2.45) is 17.1 Å². The van der Waals surface area contributed by atoms with Gasteiger partial charge in [0, 0.05) is 19.9 Å². The van der Waals surface area contributed by atoms with Gasteiger partial charge < -0.3 is 4.57 Å². The summed E-state index contributed by atoms with van der Waals surface area (Å²) in [6.07, 6.45) is 0.613. The Hall–Kier alpha value is -2.28. The molecule has 0 spiro atoms. The first kappa shape index (κ1) is 12.7. The lowest BCUT2D eigenvalue weighted by Gasteiger charge is -2.08. The van der Waals surface area contributed by atoms with Crippen LogP contribution in [0.25, 0.3) is 10.2 Å². The summed E-state index contributed by atoms with van der Waals surface area (Å²) < 4.78 is 2.94. The fourth-order valence-corrected chi connectivity index (χ4v) is 2.98. The van der Waals surface area contributed by atoms with E-state index in [4.69, 9.17) is 0 Å². The van der Waals surface area contributed by atoms with Crippen LogP contribution in [0.1, 0.15) is 12.8 Å². The third-order valence-corrected chi connectivity index (χ3v) is 4.18. The SMILES string of the molecule is Cn1c(=NC(=O)C2=NNC(=O)CC2)sc2ccccc21. The molecule has 0 radical (unpaired) electrons. The number of hydrogen-bond acceptors (Lipinski definition) is 4. The van der Waals surface area contributed by atoms with E-state index in [-0.39, 0.29) is 12.3 Å². The average molecular weight is 288 g/mol. The smallest absolute Gasteiger partial charge is 0.295 e. The van der Waals surface area contributed by atoms with Crippen molar-refractivity contribution in [2.75, 3.05) is 0 Å². The standard InChI is InChI=1S/C13H12N4O2S/c1-17-9-4-2-3-5-10(9)20-13(17)14-12(19)8-6-7-11(18)16-15-8/h2-5H,6-7H2,1H3,(H,16,18). The molecule has 102 valence electrons. The molecule has 2 amide bonds. The van der Waals surface area contributed by atoms with E-state index >= 15 is 0 Å². The van der Waals surface area contributed by atoms with E-state index in [9.17, 15) is 9.59 Å². The maximum atomic E-state index is 12.0. The molecule has 7 heteroatoms. The highest BCUT2D eigenvalue weighted by atomic mass is 32.1. The molecule has 0 aliphatic carbocycles. The molecule has 0 saturated heterocycles. The van der Waals surface area contributed by atoms with Gasteiger partial charge in [-0.1, -0.05) is 23.5 Å². The van der Waals surface area contributed by atoms with E-state index in [1.54, 1.807) is 0 Å². The Labute approximate surface area is 118 Å². The number of fused-ring (bicyclic) bond motifs is 1. The minimum absolute atomic E-state index is 0.172. The quantitative estimate of drug-likeness (QED) is 0.847. The summed E-state index contributed by atoms with van der Waals surface area (Å²) in [6, 6.07) is 7.86. The first-order valence-electron chi connectivity index (χ1n) is 6.14. The van der Waals surface area contributed by atoms with Crippen LogP contribution in [0.2, 0.25) is 0 Å². The van der Waals surface area contributed by atoms with Gasteiger partial charge in [-0.05, 0) is 12.1 Å². The normalized spacial score (nSPS) is 16.1. The summed E-state index contributed by atoms with van der Waals surface area (Å²) in [5.74, 6) is -0.568. The van der Waals surface area contributed by atoms with Crippen molar-refractivity contribution in [1.29, 1.82) is 0 Å². The van der Waals surface area contributed by atoms with Crippen LogP contribution in [0, 0.1) is 0 Å². The molecule has 0 saturated carbocycles. The Morgan fingerprint density at radius 2 is 2.20 bits per heavy atom. The number of carbonyl (C=O) groups excluding carboxylic acids is 2. The fourth-order valence-electron chi connectivity index (χ4n) is 1.97. The number of nitrogens with one attached hydrogen (secondary N) is 1.